The van der Waals surface area contributed by atoms with E-state index in [1.807, 2.05) is 0 Å². The highest BCUT2D eigenvalue weighted by Crippen LogP contribution is 2.23. The van der Waals surface area contributed by atoms with Gasteiger partial charge in [0.15, 0.2) is 10.7 Å². The van der Waals surface area contributed by atoms with Crippen LogP contribution in [-0.2, 0) is 9.53 Å². The molecule has 2 rings (SSSR count). The number of carbonyl (C=O) groups excluding carboxylic acids is 1. The molecule has 9 nitrogen and oxygen atoms in total. The third-order valence-corrected chi connectivity index (χ3v) is 4.23. The topological polar surface area (TPSA) is 136 Å². The molecular weight excluding hydrogens is 412 g/mol. The van der Waals surface area contributed by atoms with Gasteiger partial charge in [0.2, 0.25) is 5.84 Å². The number of hydrogen-bond acceptors (Lipinski definition) is 9. The first-order valence-electron chi connectivity index (χ1n) is 6.69. The molecule has 26 heavy (non-hydrogen) atoms. The number of methoxy groups -OCH3 is 1. The van der Waals surface area contributed by atoms with Crippen LogP contribution in [0.3, 0.4) is 0 Å². The molecule has 0 spiro atoms. The molecule has 0 saturated carbocycles. The number of ether oxygens (including phenoxy) is 1. The summed E-state index contributed by atoms with van der Waals surface area (Å²) in [6.07, 6.45) is 0. The van der Waals surface area contributed by atoms with Gasteiger partial charge in [-0.1, -0.05) is 28.5 Å². The molecule has 0 aliphatic heterocycles. The van der Waals surface area contributed by atoms with Crippen molar-refractivity contribution in [2.75, 3.05) is 18.2 Å². The Bertz CT molecular complexity index is 792. The standard InChI is InChI=1S/C13H13ClFN5O4S.ClH/c1-23-13(21)9(16)5-25-12-10(19-24-20-12)11(18-22)17-6-2-3-8(15)7(14)4-6;/h2-4,9,22H,5,16H2,1H3,(H,17,18);1H/t9-;/m0./s1. The molecule has 1 heterocycles. The fourth-order valence-corrected chi connectivity index (χ4v) is 2.66. The third-order valence-electron chi connectivity index (χ3n) is 2.87. The lowest BCUT2D eigenvalue weighted by atomic mass is 10.3. The van der Waals surface area contributed by atoms with E-state index in [4.69, 9.17) is 17.3 Å². The van der Waals surface area contributed by atoms with Gasteiger partial charge in [-0.3, -0.25) is 4.79 Å². The molecule has 1 aromatic heterocycles. The van der Waals surface area contributed by atoms with Crippen LogP contribution in [0.15, 0.2) is 33.0 Å². The molecule has 142 valence electrons. The Morgan fingerprint density at radius 2 is 2.31 bits per heavy atom. The Balaban J connectivity index is 0.00000338. The van der Waals surface area contributed by atoms with Crippen molar-refractivity contribution in [2.45, 2.75) is 11.1 Å². The van der Waals surface area contributed by atoms with Crippen molar-refractivity contribution >= 4 is 53.3 Å². The second-order valence-corrected chi connectivity index (χ2v) is 5.98. The van der Waals surface area contributed by atoms with Crippen LogP contribution in [0.2, 0.25) is 5.02 Å². The molecule has 2 aromatic rings. The van der Waals surface area contributed by atoms with Crippen LogP contribution in [0.1, 0.15) is 5.69 Å². The zero-order chi connectivity index (χ0) is 18.4. The van der Waals surface area contributed by atoms with Crippen molar-refractivity contribution in [3.63, 3.8) is 0 Å². The first-order valence-corrected chi connectivity index (χ1v) is 8.06. The number of rotatable bonds is 6. The number of halogens is 3. The van der Waals surface area contributed by atoms with E-state index in [9.17, 15) is 14.4 Å². The molecule has 13 heteroatoms. The van der Waals surface area contributed by atoms with Gasteiger partial charge in [-0.15, -0.1) is 12.4 Å². The Morgan fingerprint density at radius 1 is 1.58 bits per heavy atom. The number of aromatic nitrogens is 2. The number of carbonyl (C=O) groups is 1. The van der Waals surface area contributed by atoms with Gasteiger partial charge < -0.3 is 21.0 Å². The third kappa shape index (κ3) is 5.46. The predicted molar refractivity (Wildman–Crippen MR) is 95.6 cm³/mol. The number of amidine groups is 1. The molecule has 0 unspecified atom stereocenters. The Hall–Kier alpha value is -2.08. The van der Waals surface area contributed by atoms with E-state index >= 15 is 0 Å². The van der Waals surface area contributed by atoms with Crippen molar-refractivity contribution in [3.05, 3.63) is 34.7 Å². The molecule has 1 atom stereocenters. The molecule has 0 amide bonds. The lowest BCUT2D eigenvalue weighted by molar-refractivity contribution is -0.141. The van der Waals surface area contributed by atoms with Crippen LogP contribution < -0.4 is 11.1 Å². The van der Waals surface area contributed by atoms with E-state index in [1.54, 1.807) is 0 Å². The fourth-order valence-electron chi connectivity index (χ4n) is 1.65. The minimum Gasteiger partial charge on any atom is -0.468 e. The van der Waals surface area contributed by atoms with Gasteiger partial charge in [-0.05, 0) is 28.5 Å². The molecule has 0 fully saturated rings. The maximum absolute atomic E-state index is 13.2. The van der Waals surface area contributed by atoms with E-state index in [0.717, 1.165) is 17.8 Å². The molecule has 0 aliphatic carbocycles. The van der Waals surface area contributed by atoms with Gasteiger partial charge in [0.1, 0.15) is 11.9 Å². The number of benzene rings is 1. The van der Waals surface area contributed by atoms with E-state index in [0.29, 0.717) is 5.69 Å². The summed E-state index contributed by atoms with van der Waals surface area (Å²) in [7, 11) is 1.23. The molecule has 0 saturated heterocycles. The Kier molecular flexibility index (Phi) is 8.58. The van der Waals surface area contributed by atoms with Gasteiger partial charge in [-0.2, -0.15) is 0 Å². The number of thioether (sulfide) groups is 1. The summed E-state index contributed by atoms with van der Waals surface area (Å²) >= 11 is 6.75. The summed E-state index contributed by atoms with van der Waals surface area (Å²) in [5.74, 6) is -1.15. The minimum absolute atomic E-state index is 0. The summed E-state index contributed by atoms with van der Waals surface area (Å²) in [4.78, 5) is 11.3. The maximum atomic E-state index is 13.2. The largest absolute Gasteiger partial charge is 0.468 e. The fraction of sp³-hybridized carbons (Fsp3) is 0.231. The van der Waals surface area contributed by atoms with Gasteiger partial charge in [-0.25, -0.2) is 9.02 Å². The van der Waals surface area contributed by atoms with Crippen LogP contribution in [0.4, 0.5) is 10.1 Å². The average molecular weight is 426 g/mol. The lowest BCUT2D eigenvalue weighted by Crippen LogP contribution is -2.33. The highest BCUT2D eigenvalue weighted by Gasteiger charge is 2.21. The first-order chi connectivity index (χ1) is 12.0. The van der Waals surface area contributed by atoms with Gasteiger partial charge >= 0.3 is 5.97 Å². The van der Waals surface area contributed by atoms with Crippen molar-refractivity contribution in [2.24, 2.45) is 10.9 Å². The summed E-state index contributed by atoms with van der Waals surface area (Å²) in [5.41, 5.74) is 6.06. The second-order valence-electron chi connectivity index (χ2n) is 4.56. The second kappa shape index (κ2) is 10.2. The van der Waals surface area contributed by atoms with E-state index in [-0.39, 0.29) is 39.7 Å². The zero-order valence-electron chi connectivity index (χ0n) is 13.2. The minimum atomic E-state index is -0.877. The molecule has 1 aromatic carbocycles. The summed E-state index contributed by atoms with van der Waals surface area (Å²) in [6.45, 7) is 0. The van der Waals surface area contributed by atoms with Crippen LogP contribution in [0.5, 0.6) is 0 Å². The maximum Gasteiger partial charge on any atom is 0.323 e. The van der Waals surface area contributed by atoms with Crippen molar-refractivity contribution < 1.29 is 23.8 Å². The normalized spacial score (nSPS) is 12.2. The average Bonchev–Trinajstić information content (AvgIpc) is 3.08. The number of esters is 1. The van der Waals surface area contributed by atoms with Crippen molar-refractivity contribution in [1.82, 2.24) is 10.3 Å². The van der Waals surface area contributed by atoms with E-state index in [1.165, 1.54) is 19.2 Å². The molecule has 0 bridgehead atoms. The van der Waals surface area contributed by atoms with Crippen LogP contribution in [-0.4, -0.2) is 46.2 Å². The van der Waals surface area contributed by atoms with Gasteiger partial charge in [0.05, 0.1) is 12.1 Å². The van der Waals surface area contributed by atoms with Crippen molar-refractivity contribution in [1.29, 1.82) is 0 Å². The number of nitrogens with one attached hydrogen (secondary N) is 1. The number of nitrogens with zero attached hydrogens (tertiary/aromatic N) is 3. The monoisotopic (exact) mass is 425 g/mol. The molecule has 0 aliphatic rings. The summed E-state index contributed by atoms with van der Waals surface area (Å²) in [5, 5.41) is 22.4. The van der Waals surface area contributed by atoms with Crippen LogP contribution >= 0.6 is 35.8 Å². The highest BCUT2D eigenvalue weighted by molar-refractivity contribution is 7.99. The first kappa shape index (κ1) is 22.0. The van der Waals surface area contributed by atoms with E-state index in [2.05, 4.69) is 30.2 Å². The molecule has 4 N–H and O–H groups in total. The predicted octanol–water partition coefficient (Wildman–Crippen LogP) is 2.12. The SMILES string of the molecule is COC(=O)[C@@H](N)CSc1nonc1C(=NO)Nc1ccc(F)c(Cl)c1.Cl. The number of nitrogens with two attached hydrogens (primary N) is 1. The number of anilines is 1. The Morgan fingerprint density at radius 3 is 2.92 bits per heavy atom. The zero-order valence-corrected chi connectivity index (χ0v) is 15.6. The quantitative estimate of drug-likeness (QED) is 0.158. The Labute approximate surface area is 162 Å². The van der Waals surface area contributed by atoms with Crippen LogP contribution in [0, 0.1) is 5.82 Å². The lowest BCUT2D eigenvalue weighted by Gasteiger charge is -2.09. The van der Waals surface area contributed by atoms with Crippen molar-refractivity contribution in [3.8, 4) is 0 Å². The summed E-state index contributed by atoms with van der Waals surface area (Å²) < 4.78 is 22.4. The van der Waals surface area contributed by atoms with Gasteiger partial charge in [0, 0.05) is 11.4 Å². The smallest absolute Gasteiger partial charge is 0.323 e. The highest BCUT2D eigenvalue weighted by atomic mass is 35.5. The van der Waals surface area contributed by atoms with Gasteiger partial charge in [0.25, 0.3) is 0 Å². The van der Waals surface area contributed by atoms with Crippen LogP contribution in [0.25, 0.3) is 0 Å². The van der Waals surface area contributed by atoms with E-state index < -0.39 is 17.8 Å². The number of oxime groups is 1. The number of hydrogen-bond donors (Lipinski definition) is 3. The molecule has 0 radical (unpaired) electrons. The summed E-state index contributed by atoms with van der Waals surface area (Å²) in [6, 6.07) is 2.96. The molecular formula is C13H14Cl2FN5O4S.